The highest BCUT2D eigenvalue weighted by Gasteiger charge is 2.59. The van der Waals surface area contributed by atoms with Crippen molar-refractivity contribution in [3.8, 4) is 0 Å². The van der Waals surface area contributed by atoms with E-state index < -0.39 is 0 Å². The fourth-order valence-corrected chi connectivity index (χ4v) is 5.29. The van der Waals surface area contributed by atoms with E-state index in [1.807, 2.05) is 0 Å². The number of nitrogens with zero attached hydrogens (tertiary/aromatic N) is 2. The van der Waals surface area contributed by atoms with Crippen LogP contribution in [0.4, 0.5) is 17.1 Å². The molecule has 3 atom stereocenters. The van der Waals surface area contributed by atoms with E-state index >= 15 is 0 Å². The van der Waals surface area contributed by atoms with Gasteiger partial charge in [0.05, 0.1) is 11.4 Å². The van der Waals surface area contributed by atoms with Crippen molar-refractivity contribution in [3.63, 3.8) is 0 Å². The first-order valence-electron chi connectivity index (χ1n) is 9.20. The van der Waals surface area contributed by atoms with Gasteiger partial charge in [0.1, 0.15) is 6.17 Å². The second-order valence-electron chi connectivity index (χ2n) is 7.82. The van der Waals surface area contributed by atoms with Crippen LogP contribution < -0.4 is 9.80 Å². The van der Waals surface area contributed by atoms with Gasteiger partial charge in [0.25, 0.3) is 0 Å². The molecule has 0 radical (unpaired) electrons. The molecule has 0 N–H and O–H groups in total. The third kappa shape index (κ3) is 1.62. The number of hydrogen-bond donors (Lipinski definition) is 0. The van der Waals surface area contributed by atoms with Gasteiger partial charge < -0.3 is 9.80 Å². The summed E-state index contributed by atoms with van der Waals surface area (Å²) in [5.41, 5.74) is 5.90. The molecule has 2 aromatic rings. The van der Waals surface area contributed by atoms with Crippen molar-refractivity contribution in [2.75, 3.05) is 16.8 Å². The van der Waals surface area contributed by atoms with E-state index in [4.69, 9.17) is 0 Å². The molecule has 2 aliphatic heterocycles. The summed E-state index contributed by atoms with van der Waals surface area (Å²) in [7, 11) is 2.27. The molecule has 24 heavy (non-hydrogen) atoms. The van der Waals surface area contributed by atoms with Crippen LogP contribution in [0.3, 0.4) is 0 Å². The average Bonchev–Trinajstić information content (AvgIpc) is 2.93. The molecule has 0 bridgehead atoms. The van der Waals surface area contributed by atoms with Gasteiger partial charge in [-0.3, -0.25) is 0 Å². The Morgan fingerprint density at radius 2 is 1.42 bits per heavy atom. The summed E-state index contributed by atoms with van der Waals surface area (Å²) in [6.45, 7) is 9.68. The Morgan fingerprint density at radius 3 is 2.04 bits per heavy atom. The summed E-state index contributed by atoms with van der Waals surface area (Å²) < 4.78 is 0. The van der Waals surface area contributed by atoms with Crippen LogP contribution in [0.25, 0.3) is 0 Å². The van der Waals surface area contributed by atoms with Gasteiger partial charge in [-0.05, 0) is 36.6 Å². The number of rotatable bonds is 2. The van der Waals surface area contributed by atoms with Crippen molar-refractivity contribution < 1.29 is 0 Å². The molecule has 0 saturated heterocycles. The number of para-hydroxylation sites is 3. The largest absolute Gasteiger partial charge is 0.352 e. The summed E-state index contributed by atoms with van der Waals surface area (Å²) in [5, 5.41) is 0. The van der Waals surface area contributed by atoms with Crippen LogP contribution in [-0.2, 0) is 5.41 Å². The maximum atomic E-state index is 2.59. The van der Waals surface area contributed by atoms with Crippen LogP contribution >= 0.6 is 0 Å². The molecule has 0 saturated carbocycles. The molecule has 0 amide bonds. The van der Waals surface area contributed by atoms with Crippen LogP contribution in [0, 0.1) is 5.41 Å². The van der Waals surface area contributed by atoms with Crippen molar-refractivity contribution in [2.45, 2.75) is 52.1 Å². The predicted octanol–water partition coefficient (Wildman–Crippen LogP) is 5.70. The predicted molar refractivity (Wildman–Crippen MR) is 103 cm³/mol. The van der Waals surface area contributed by atoms with Gasteiger partial charge in [-0.1, -0.05) is 58.0 Å². The maximum Gasteiger partial charge on any atom is 0.112 e. The molecular formula is C22H28N2. The summed E-state index contributed by atoms with van der Waals surface area (Å²) in [4.78, 5) is 5.09. The van der Waals surface area contributed by atoms with Gasteiger partial charge in [0.2, 0.25) is 0 Å². The second kappa shape index (κ2) is 5.02. The Labute approximate surface area is 146 Å². The zero-order valence-corrected chi connectivity index (χ0v) is 15.5. The molecule has 1 unspecified atom stereocenters. The van der Waals surface area contributed by atoms with Crippen molar-refractivity contribution in [3.05, 3.63) is 54.1 Å². The summed E-state index contributed by atoms with van der Waals surface area (Å²) in [6, 6.07) is 17.9. The molecule has 2 heteroatoms. The summed E-state index contributed by atoms with van der Waals surface area (Å²) in [5.74, 6) is 0. The Morgan fingerprint density at radius 1 is 0.833 bits per heavy atom. The molecule has 126 valence electrons. The van der Waals surface area contributed by atoms with Gasteiger partial charge in [-0.15, -0.1) is 0 Å². The van der Waals surface area contributed by atoms with Gasteiger partial charge >= 0.3 is 0 Å². The highest BCUT2D eigenvalue weighted by atomic mass is 15.4. The lowest BCUT2D eigenvalue weighted by molar-refractivity contribution is 0.0944. The van der Waals surface area contributed by atoms with E-state index in [1.165, 1.54) is 22.6 Å². The lowest BCUT2D eigenvalue weighted by atomic mass is 9.55. The topological polar surface area (TPSA) is 6.48 Å². The molecular weight excluding hydrogens is 292 g/mol. The van der Waals surface area contributed by atoms with E-state index in [0.29, 0.717) is 6.17 Å². The van der Waals surface area contributed by atoms with Gasteiger partial charge in [0, 0.05) is 23.6 Å². The van der Waals surface area contributed by atoms with E-state index in [0.717, 1.165) is 12.8 Å². The van der Waals surface area contributed by atoms with Crippen molar-refractivity contribution >= 4 is 17.1 Å². The van der Waals surface area contributed by atoms with Crippen LogP contribution in [-0.4, -0.2) is 13.2 Å². The number of anilines is 3. The number of hydrogen-bond acceptors (Lipinski definition) is 2. The maximum absolute atomic E-state index is 2.59. The van der Waals surface area contributed by atoms with Gasteiger partial charge in [0.15, 0.2) is 0 Å². The smallest absolute Gasteiger partial charge is 0.112 e. The third-order valence-corrected chi connectivity index (χ3v) is 7.16. The highest BCUT2D eigenvalue weighted by molar-refractivity contribution is 5.86. The third-order valence-electron chi connectivity index (χ3n) is 7.16. The van der Waals surface area contributed by atoms with E-state index in [1.54, 1.807) is 0 Å². The molecule has 0 aliphatic carbocycles. The Balaban J connectivity index is 2.06. The zero-order chi connectivity index (χ0) is 17.1. The Bertz CT molecular complexity index is 783. The van der Waals surface area contributed by atoms with Crippen LogP contribution in [0.15, 0.2) is 48.5 Å². The number of fused-ring (bicyclic) bond motifs is 5. The van der Waals surface area contributed by atoms with Crippen molar-refractivity contribution in [1.82, 2.24) is 0 Å². The molecule has 2 aromatic carbocycles. The monoisotopic (exact) mass is 320 g/mol. The minimum Gasteiger partial charge on any atom is -0.352 e. The number of benzene rings is 2. The average molecular weight is 320 g/mol. The van der Waals surface area contributed by atoms with Crippen LogP contribution in [0.1, 0.15) is 46.1 Å². The molecule has 4 rings (SSSR count). The summed E-state index contributed by atoms with van der Waals surface area (Å²) >= 11 is 0. The van der Waals surface area contributed by atoms with Gasteiger partial charge in [-0.2, -0.15) is 0 Å². The molecule has 2 aliphatic rings. The quantitative estimate of drug-likeness (QED) is 0.700. The van der Waals surface area contributed by atoms with Crippen molar-refractivity contribution in [1.29, 1.82) is 0 Å². The van der Waals surface area contributed by atoms with E-state index in [9.17, 15) is 0 Å². The first-order chi connectivity index (χ1) is 11.5. The highest BCUT2D eigenvalue weighted by Crippen LogP contribution is 2.62. The molecule has 0 aromatic heterocycles. The van der Waals surface area contributed by atoms with Crippen LogP contribution in [0.5, 0.6) is 0 Å². The molecule has 0 spiro atoms. The fourth-order valence-electron chi connectivity index (χ4n) is 5.29. The lowest BCUT2D eigenvalue weighted by Crippen LogP contribution is -2.62. The Hall–Kier alpha value is -1.96. The molecule has 2 nitrogen and oxygen atoms in total. The normalized spacial score (nSPS) is 30.8. The minimum atomic E-state index is 0.163. The molecule has 0 fully saturated rings. The lowest BCUT2D eigenvalue weighted by Gasteiger charge is -2.58. The first-order valence-corrected chi connectivity index (χ1v) is 9.20. The minimum absolute atomic E-state index is 0.163. The van der Waals surface area contributed by atoms with E-state index in [-0.39, 0.29) is 10.8 Å². The Kier molecular flexibility index (Phi) is 3.25. The molecule has 2 heterocycles. The first kappa shape index (κ1) is 15.6. The fraction of sp³-hybridized carbons (Fsp3) is 0.455. The summed E-state index contributed by atoms with van der Waals surface area (Å²) in [6.07, 6.45) is 2.67. The van der Waals surface area contributed by atoms with Crippen molar-refractivity contribution in [2.24, 2.45) is 5.41 Å². The standard InChI is InChI=1S/C22H28N2/c1-6-21(3)16-12-8-9-13-17(16)24-19-15-11-10-14-18(19)23(5)20(24)22(21,4)7-2/h8-15,20H,6-7H2,1-5H3/t20-,21?,22+/m1/s1. The second-order valence-corrected chi connectivity index (χ2v) is 7.82. The SMILES string of the molecule is CCC1(C)c2ccccc2N2c3ccccc3N(C)[C@H]2[C@]1(C)CC. The zero-order valence-electron chi connectivity index (χ0n) is 15.5. The van der Waals surface area contributed by atoms with E-state index in [2.05, 4.69) is 93.1 Å². The van der Waals surface area contributed by atoms with Gasteiger partial charge in [-0.25, -0.2) is 0 Å². The van der Waals surface area contributed by atoms with Crippen LogP contribution in [0.2, 0.25) is 0 Å².